The third-order valence-corrected chi connectivity index (χ3v) is 5.54. The van der Waals surface area contributed by atoms with Crippen molar-refractivity contribution in [2.24, 2.45) is 13.0 Å². The van der Waals surface area contributed by atoms with Gasteiger partial charge in [0, 0.05) is 19.4 Å². The van der Waals surface area contributed by atoms with Crippen LogP contribution >= 0.6 is 0 Å². The van der Waals surface area contributed by atoms with E-state index in [0.29, 0.717) is 28.9 Å². The Kier molecular flexibility index (Phi) is 5.25. The molecule has 28 heavy (non-hydrogen) atoms. The lowest BCUT2D eigenvalue weighted by Gasteiger charge is -2.28. The van der Waals surface area contributed by atoms with E-state index >= 15 is 0 Å². The summed E-state index contributed by atoms with van der Waals surface area (Å²) in [6.07, 6.45) is 7.41. The topological polar surface area (TPSA) is 123 Å². The van der Waals surface area contributed by atoms with E-state index < -0.39 is 5.97 Å². The Balaban J connectivity index is 1.55. The highest BCUT2D eigenvalue weighted by molar-refractivity contribution is 5.67. The number of hydrogen-bond acceptors (Lipinski definition) is 7. The molecule has 9 nitrogen and oxygen atoms in total. The lowest BCUT2D eigenvalue weighted by atomic mass is 9.85. The van der Waals surface area contributed by atoms with Crippen LogP contribution in [0.15, 0.2) is 6.20 Å². The smallest absolute Gasteiger partial charge is 0.303 e. The van der Waals surface area contributed by atoms with Gasteiger partial charge in [-0.3, -0.25) is 4.79 Å². The van der Waals surface area contributed by atoms with Crippen LogP contribution in [-0.4, -0.2) is 47.2 Å². The average molecular weight is 387 g/mol. The molecule has 0 spiro atoms. The van der Waals surface area contributed by atoms with Gasteiger partial charge in [-0.15, -0.1) is 5.10 Å². The summed E-state index contributed by atoms with van der Waals surface area (Å²) >= 11 is 0. The quantitative estimate of drug-likeness (QED) is 0.740. The zero-order chi connectivity index (χ0) is 19.7. The van der Waals surface area contributed by atoms with Crippen LogP contribution in [0.3, 0.4) is 0 Å². The summed E-state index contributed by atoms with van der Waals surface area (Å²) in [6.45, 7) is -0.176. The van der Waals surface area contributed by atoms with E-state index in [1.165, 1.54) is 4.68 Å². The zero-order valence-corrected chi connectivity index (χ0v) is 15.9. The molecule has 2 aromatic rings. The van der Waals surface area contributed by atoms with Gasteiger partial charge in [0.2, 0.25) is 5.88 Å². The van der Waals surface area contributed by atoms with Crippen molar-refractivity contribution in [2.75, 3.05) is 0 Å². The summed E-state index contributed by atoms with van der Waals surface area (Å²) < 4.78 is 7.73. The van der Waals surface area contributed by atoms with Gasteiger partial charge in [-0.25, -0.2) is 14.6 Å². The number of aliphatic hydroxyl groups is 1. The largest absolute Gasteiger partial charge is 0.481 e. The standard InChI is InChI=1S/C19H25N5O4/c1-24-15(10-25)18(22-23-24)14-9-20-19(17(21-14)12-5-6-12)28-13-4-2-3-11(7-13)8-16(26)27/h9,11-13,25H,2-8,10H2,1H3,(H,26,27)/t11-,13-/m0/s1. The first kappa shape index (κ1) is 18.8. The molecule has 2 saturated carbocycles. The summed E-state index contributed by atoms with van der Waals surface area (Å²) in [7, 11) is 1.73. The molecule has 2 aliphatic rings. The van der Waals surface area contributed by atoms with E-state index in [9.17, 15) is 9.90 Å². The number of ether oxygens (including phenoxy) is 1. The monoisotopic (exact) mass is 387 g/mol. The van der Waals surface area contributed by atoms with Gasteiger partial charge in [0.1, 0.15) is 23.2 Å². The van der Waals surface area contributed by atoms with Crippen LogP contribution in [-0.2, 0) is 18.4 Å². The van der Waals surface area contributed by atoms with Gasteiger partial charge in [0.05, 0.1) is 18.5 Å². The molecular formula is C19H25N5O4. The molecule has 4 rings (SSSR count). The Morgan fingerprint density at radius 3 is 2.86 bits per heavy atom. The zero-order valence-electron chi connectivity index (χ0n) is 15.9. The molecule has 0 saturated heterocycles. The van der Waals surface area contributed by atoms with Crippen molar-refractivity contribution in [3.05, 3.63) is 17.6 Å². The van der Waals surface area contributed by atoms with Gasteiger partial charge in [0.25, 0.3) is 0 Å². The minimum Gasteiger partial charge on any atom is -0.481 e. The van der Waals surface area contributed by atoms with Gasteiger partial charge in [-0.05, 0) is 44.4 Å². The molecule has 2 atom stereocenters. The highest BCUT2D eigenvalue weighted by Crippen LogP contribution is 2.44. The number of aliphatic hydroxyl groups excluding tert-OH is 1. The normalized spacial score (nSPS) is 22.2. The fourth-order valence-electron chi connectivity index (χ4n) is 3.91. The van der Waals surface area contributed by atoms with E-state index in [0.717, 1.165) is 44.2 Å². The Hall–Kier alpha value is -2.55. The molecule has 2 aromatic heterocycles. The highest BCUT2D eigenvalue weighted by atomic mass is 16.5. The summed E-state index contributed by atoms with van der Waals surface area (Å²) in [5.74, 6) is 0.272. The van der Waals surface area contributed by atoms with Crippen molar-refractivity contribution in [1.29, 1.82) is 0 Å². The second kappa shape index (κ2) is 7.83. The van der Waals surface area contributed by atoms with Crippen molar-refractivity contribution in [2.45, 2.75) is 63.6 Å². The predicted octanol–water partition coefficient (Wildman–Crippen LogP) is 2.05. The maximum atomic E-state index is 11.0. The van der Waals surface area contributed by atoms with Crippen LogP contribution in [0.4, 0.5) is 0 Å². The molecule has 2 aliphatic carbocycles. The number of carboxylic acid groups (broad SMARTS) is 1. The first-order chi connectivity index (χ1) is 13.5. The second-order valence-electron chi connectivity index (χ2n) is 7.76. The fraction of sp³-hybridized carbons (Fsp3) is 0.632. The van der Waals surface area contributed by atoms with Crippen molar-refractivity contribution < 1.29 is 19.7 Å². The molecule has 9 heteroatoms. The van der Waals surface area contributed by atoms with Crippen molar-refractivity contribution in [3.8, 4) is 17.3 Å². The van der Waals surface area contributed by atoms with Gasteiger partial charge in [-0.2, -0.15) is 0 Å². The van der Waals surface area contributed by atoms with E-state index in [2.05, 4.69) is 15.3 Å². The van der Waals surface area contributed by atoms with Crippen LogP contribution < -0.4 is 4.74 Å². The summed E-state index contributed by atoms with van der Waals surface area (Å²) in [4.78, 5) is 20.3. The third kappa shape index (κ3) is 3.99. The first-order valence-electron chi connectivity index (χ1n) is 9.80. The minimum atomic E-state index is -0.753. The van der Waals surface area contributed by atoms with Crippen molar-refractivity contribution in [3.63, 3.8) is 0 Å². The van der Waals surface area contributed by atoms with Gasteiger partial charge < -0.3 is 14.9 Å². The molecule has 2 N–H and O–H groups in total. The van der Waals surface area contributed by atoms with E-state index in [1.807, 2.05) is 0 Å². The molecule has 2 heterocycles. The molecule has 0 bridgehead atoms. The highest BCUT2D eigenvalue weighted by Gasteiger charge is 2.32. The van der Waals surface area contributed by atoms with Gasteiger partial charge in [-0.1, -0.05) is 5.21 Å². The number of rotatable bonds is 7. The lowest BCUT2D eigenvalue weighted by Crippen LogP contribution is -2.27. The Morgan fingerprint density at radius 2 is 2.14 bits per heavy atom. The van der Waals surface area contributed by atoms with Crippen LogP contribution in [0.2, 0.25) is 0 Å². The summed E-state index contributed by atoms with van der Waals surface area (Å²) in [5.41, 5.74) is 2.53. The first-order valence-corrected chi connectivity index (χ1v) is 9.80. The maximum absolute atomic E-state index is 11.0. The second-order valence-corrected chi connectivity index (χ2v) is 7.76. The van der Waals surface area contributed by atoms with Crippen LogP contribution in [0.5, 0.6) is 5.88 Å². The molecule has 150 valence electrons. The summed E-state index contributed by atoms with van der Waals surface area (Å²) in [6, 6.07) is 0. The van der Waals surface area contributed by atoms with Crippen molar-refractivity contribution >= 4 is 5.97 Å². The van der Waals surface area contributed by atoms with Gasteiger partial charge in [0.15, 0.2) is 0 Å². The molecule has 0 amide bonds. The fourth-order valence-corrected chi connectivity index (χ4v) is 3.91. The Bertz CT molecular complexity index is 864. The van der Waals surface area contributed by atoms with E-state index in [1.54, 1.807) is 13.2 Å². The third-order valence-electron chi connectivity index (χ3n) is 5.54. The number of nitrogens with zero attached hydrogens (tertiary/aromatic N) is 5. The SMILES string of the molecule is Cn1nnc(-c2cnc(O[C@H]3CCC[C@H](CC(=O)O)C3)c(C3CC3)n2)c1CO. The van der Waals surface area contributed by atoms with Crippen LogP contribution in [0.1, 0.15) is 62.3 Å². The van der Waals surface area contributed by atoms with Crippen molar-refractivity contribution in [1.82, 2.24) is 25.0 Å². The number of hydrogen-bond donors (Lipinski definition) is 2. The number of carbonyl (C=O) groups is 1. The number of carboxylic acids is 1. The Labute approximate surface area is 162 Å². The number of aryl methyl sites for hydroxylation is 1. The summed E-state index contributed by atoms with van der Waals surface area (Å²) in [5, 5.41) is 26.7. The van der Waals surface area contributed by atoms with Crippen LogP contribution in [0.25, 0.3) is 11.4 Å². The molecule has 0 radical (unpaired) electrons. The molecular weight excluding hydrogens is 362 g/mol. The molecule has 0 aliphatic heterocycles. The Morgan fingerprint density at radius 1 is 1.32 bits per heavy atom. The van der Waals surface area contributed by atoms with Crippen LogP contribution in [0, 0.1) is 5.92 Å². The predicted molar refractivity (Wildman–Crippen MR) is 98.6 cm³/mol. The molecule has 0 unspecified atom stereocenters. The molecule has 2 fully saturated rings. The number of aliphatic carboxylic acids is 1. The maximum Gasteiger partial charge on any atom is 0.303 e. The van der Waals surface area contributed by atoms with E-state index in [4.69, 9.17) is 14.8 Å². The van der Waals surface area contributed by atoms with Gasteiger partial charge >= 0.3 is 5.97 Å². The number of aromatic nitrogens is 5. The average Bonchev–Trinajstić information content (AvgIpc) is 3.44. The minimum absolute atomic E-state index is 0.0275. The molecule has 0 aromatic carbocycles. The lowest BCUT2D eigenvalue weighted by molar-refractivity contribution is -0.138. The van der Waals surface area contributed by atoms with E-state index in [-0.39, 0.29) is 25.0 Å².